The first-order valence-corrected chi connectivity index (χ1v) is 9.72. The number of nitriles is 2. The van der Waals surface area contributed by atoms with E-state index in [1.165, 1.54) is 31.2 Å². The zero-order chi connectivity index (χ0) is 26.0. The normalized spacial score (nSPS) is 22.9. The quantitative estimate of drug-likeness (QED) is 0.256. The molecule has 6 N–H and O–H groups in total. The van der Waals surface area contributed by atoms with E-state index in [1.54, 1.807) is 6.07 Å². The number of imide groups is 1. The highest BCUT2D eigenvalue weighted by Gasteiger charge is 2.62. The molecule has 1 aliphatic rings. The molecule has 1 aliphatic heterocycles. The Bertz CT molecular complexity index is 1140. The van der Waals surface area contributed by atoms with E-state index < -0.39 is 58.7 Å². The SMILES string of the molecule is CC1C(=O)N(c2cccc(C(=O)O)c2)C(=O)C1C(OC=O)C(C(=O)O)C(N)(C#N)C(C)(N)C#N. The van der Waals surface area contributed by atoms with Gasteiger partial charge in [0, 0.05) is 0 Å². The highest BCUT2D eigenvalue weighted by molar-refractivity contribution is 6.22. The number of hydrogen-bond donors (Lipinski definition) is 4. The van der Waals surface area contributed by atoms with E-state index in [2.05, 4.69) is 0 Å². The maximum absolute atomic E-state index is 13.3. The molecule has 0 aliphatic carbocycles. The summed E-state index contributed by atoms with van der Waals surface area (Å²) in [5.74, 6) is -10.1. The van der Waals surface area contributed by atoms with E-state index >= 15 is 0 Å². The van der Waals surface area contributed by atoms with Crippen LogP contribution >= 0.6 is 0 Å². The molecule has 1 aromatic carbocycles. The molecule has 0 saturated carbocycles. The molecule has 13 nitrogen and oxygen atoms in total. The lowest BCUT2D eigenvalue weighted by atomic mass is 9.66. The predicted molar refractivity (Wildman–Crippen MR) is 111 cm³/mol. The molecule has 6 unspecified atom stereocenters. The van der Waals surface area contributed by atoms with Crippen molar-refractivity contribution in [1.82, 2.24) is 0 Å². The van der Waals surface area contributed by atoms with Gasteiger partial charge in [-0.1, -0.05) is 13.0 Å². The lowest BCUT2D eigenvalue weighted by Crippen LogP contribution is -2.71. The van der Waals surface area contributed by atoms with Gasteiger partial charge in [-0.05, 0) is 25.1 Å². The van der Waals surface area contributed by atoms with Crippen LogP contribution in [0.3, 0.4) is 0 Å². The van der Waals surface area contributed by atoms with E-state index in [0.29, 0.717) is 4.90 Å². The Labute approximate surface area is 193 Å². The first-order valence-electron chi connectivity index (χ1n) is 9.72. The van der Waals surface area contributed by atoms with Crippen molar-refractivity contribution in [2.75, 3.05) is 4.90 Å². The number of anilines is 1. The Morgan fingerprint density at radius 3 is 2.29 bits per heavy atom. The third-order valence-corrected chi connectivity index (χ3v) is 5.93. The van der Waals surface area contributed by atoms with Crippen LogP contribution in [0.15, 0.2) is 24.3 Å². The number of carbonyl (C=O) groups excluding carboxylic acids is 3. The van der Waals surface area contributed by atoms with E-state index in [9.17, 15) is 44.7 Å². The molecule has 1 aromatic rings. The standard InChI is InChI=1S/C21H21N5O8/c1-10-13(17(29)26(16(10)28)12-5-3-4-11(6-12)18(30)31)15(34-9-27)14(19(32)33)21(25,8-23)20(2,24)7-22/h3-6,9-10,13-15H,24-25H2,1-2H3,(H,30,31)(H,32,33). The molecule has 178 valence electrons. The average molecular weight is 471 g/mol. The first kappa shape index (κ1) is 25.9. The Balaban J connectivity index is 2.67. The summed E-state index contributed by atoms with van der Waals surface area (Å²) in [7, 11) is 0. The van der Waals surface area contributed by atoms with Crippen LogP contribution in [0.25, 0.3) is 0 Å². The van der Waals surface area contributed by atoms with Crippen LogP contribution in [-0.4, -0.2) is 57.6 Å². The summed E-state index contributed by atoms with van der Waals surface area (Å²) in [6, 6.07) is 7.92. The number of aromatic carboxylic acids is 1. The summed E-state index contributed by atoms with van der Waals surface area (Å²) in [4.78, 5) is 61.8. The second kappa shape index (κ2) is 9.27. The molecule has 13 heteroatoms. The Hall–Kier alpha value is -4.33. The molecule has 2 rings (SSSR count). The van der Waals surface area contributed by atoms with Gasteiger partial charge < -0.3 is 26.4 Å². The van der Waals surface area contributed by atoms with E-state index in [0.717, 1.165) is 13.0 Å². The Morgan fingerprint density at radius 1 is 1.21 bits per heavy atom. The zero-order valence-electron chi connectivity index (χ0n) is 18.0. The van der Waals surface area contributed by atoms with Crippen molar-refractivity contribution < 1.29 is 38.9 Å². The minimum Gasteiger partial charge on any atom is -0.481 e. The number of carboxylic acid groups (broad SMARTS) is 2. The maximum atomic E-state index is 13.3. The highest BCUT2D eigenvalue weighted by Crippen LogP contribution is 2.40. The van der Waals surface area contributed by atoms with Crippen LogP contribution in [0, 0.1) is 40.4 Å². The van der Waals surface area contributed by atoms with Crippen LogP contribution in [0.1, 0.15) is 24.2 Å². The first-order chi connectivity index (χ1) is 15.8. The molecule has 0 aromatic heterocycles. The summed E-state index contributed by atoms with van der Waals surface area (Å²) >= 11 is 0. The van der Waals surface area contributed by atoms with Crippen LogP contribution in [-0.2, 0) is 23.9 Å². The molecule has 1 saturated heterocycles. The molecule has 0 spiro atoms. The number of benzene rings is 1. The Kier molecular flexibility index (Phi) is 7.07. The van der Waals surface area contributed by atoms with E-state index in [1.807, 2.05) is 0 Å². The maximum Gasteiger partial charge on any atom is 0.335 e. The van der Waals surface area contributed by atoms with Crippen molar-refractivity contribution in [3.63, 3.8) is 0 Å². The number of rotatable bonds is 9. The van der Waals surface area contributed by atoms with Crippen LogP contribution < -0.4 is 16.4 Å². The summed E-state index contributed by atoms with van der Waals surface area (Å²) in [6.45, 7) is 2.10. The number of carboxylic acids is 2. The molecular formula is C21H21N5O8. The molecule has 0 radical (unpaired) electrons. The van der Waals surface area contributed by atoms with Gasteiger partial charge in [-0.3, -0.25) is 19.2 Å². The number of carbonyl (C=O) groups is 5. The topological polar surface area (TPSA) is 238 Å². The van der Waals surface area contributed by atoms with Crippen molar-refractivity contribution in [2.24, 2.45) is 29.2 Å². The minimum absolute atomic E-state index is 0.110. The molecule has 0 bridgehead atoms. The van der Waals surface area contributed by atoms with Gasteiger partial charge in [-0.15, -0.1) is 0 Å². The van der Waals surface area contributed by atoms with Gasteiger partial charge in [0.2, 0.25) is 11.8 Å². The van der Waals surface area contributed by atoms with Crippen molar-refractivity contribution in [3.05, 3.63) is 29.8 Å². The average Bonchev–Trinajstić information content (AvgIpc) is 3.00. The van der Waals surface area contributed by atoms with Gasteiger partial charge in [0.05, 0.1) is 35.2 Å². The van der Waals surface area contributed by atoms with Gasteiger partial charge in [0.15, 0.2) is 5.54 Å². The lowest BCUT2D eigenvalue weighted by molar-refractivity contribution is -0.161. The number of nitrogens with zero attached hydrogens (tertiary/aromatic N) is 3. The number of amides is 2. The fourth-order valence-corrected chi connectivity index (χ4v) is 3.92. The highest BCUT2D eigenvalue weighted by atomic mass is 16.5. The molecule has 1 fully saturated rings. The largest absolute Gasteiger partial charge is 0.481 e. The summed E-state index contributed by atoms with van der Waals surface area (Å²) in [6.07, 6.45) is -1.98. The van der Waals surface area contributed by atoms with Crippen molar-refractivity contribution in [1.29, 1.82) is 10.5 Å². The molecule has 1 heterocycles. The molecule has 34 heavy (non-hydrogen) atoms. The van der Waals surface area contributed by atoms with Crippen LogP contribution in [0.4, 0.5) is 5.69 Å². The summed E-state index contributed by atoms with van der Waals surface area (Å²) in [5, 5.41) is 38.2. The number of hydrogen-bond acceptors (Lipinski definition) is 10. The lowest BCUT2D eigenvalue weighted by Gasteiger charge is -2.41. The monoisotopic (exact) mass is 471 g/mol. The summed E-state index contributed by atoms with van der Waals surface area (Å²) in [5.41, 5.74) is 6.52. The van der Waals surface area contributed by atoms with Gasteiger partial charge in [-0.2, -0.15) is 10.5 Å². The number of nitrogens with two attached hydrogens (primary N) is 2. The molecular weight excluding hydrogens is 450 g/mol. The molecule has 6 atom stereocenters. The predicted octanol–water partition coefficient (Wildman–Crippen LogP) is -0.785. The van der Waals surface area contributed by atoms with Crippen LogP contribution in [0.5, 0.6) is 0 Å². The summed E-state index contributed by atoms with van der Waals surface area (Å²) < 4.78 is 4.92. The van der Waals surface area contributed by atoms with E-state index in [4.69, 9.17) is 16.2 Å². The zero-order valence-corrected chi connectivity index (χ0v) is 18.0. The number of aliphatic carboxylic acids is 1. The van der Waals surface area contributed by atoms with Gasteiger partial charge in [-0.25, -0.2) is 9.69 Å². The van der Waals surface area contributed by atoms with Crippen molar-refractivity contribution in [2.45, 2.75) is 31.0 Å². The van der Waals surface area contributed by atoms with Gasteiger partial charge in [0.1, 0.15) is 17.6 Å². The van der Waals surface area contributed by atoms with E-state index in [-0.39, 0.29) is 17.7 Å². The van der Waals surface area contributed by atoms with Crippen molar-refractivity contribution >= 4 is 35.9 Å². The molecule has 2 amide bonds. The third kappa shape index (κ3) is 4.05. The third-order valence-electron chi connectivity index (χ3n) is 5.93. The minimum atomic E-state index is -2.67. The number of ether oxygens (including phenoxy) is 1. The van der Waals surface area contributed by atoms with Gasteiger partial charge >= 0.3 is 11.9 Å². The fourth-order valence-electron chi connectivity index (χ4n) is 3.92. The van der Waals surface area contributed by atoms with Gasteiger partial charge in [0.25, 0.3) is 6.47 Å². The fraction of sp³-hybridized carbons (Fsp3) is 0.381. The second-order valence-corrected chi connectivity index (χ2v) is 7.99. The van der Waals surface area contributed by atoms with Crippen LogP contribution in [0.2, 0.25) is 0 Å². The Morgan fingerprint density at radius 2 is 1.82 bits per heavy atom. The second-order valence-electron chi connectivity index (χ2n) is 7.99. The smallest absolute Gasteiger partial charge is 0.335 e. The van der Waals surface area contributed by atoms with Crippen molar-refractivity contribution in [3.8, 4) is 12.1 Å².